The molecular formula is C18H10F3N3O3S2. The predicted octanol–water partition coefficient (Wildman–Crippen LogP) is 3.71. The highest BCUT2D eigenvalue weighted by Crippen LogP contribution is 2.33. The highest BCUT2D eigenvalue weighted by molar-refractivity contribution is 7.90. The van der Waals surface area contributed by atoms with Gasteiger partial charge in [0.15, 0.2) is 0 Å². The number of nitrogens with one attached hydrogen (secondary N) is 1. The Morgan fingerprint density at radius 2 is 1.93 bits per heavy atom. The number of benzene rings is 2. The Labute approximate surface area is 167 Å². The molecule has 0 unspecified atom stereocenters. The number of aromatic nitrogens is 1. The largest absolute Gasteiger partial charge is 0.417 e. The van der Waals surface area contributed by atoms with E-state index in [-0.39, 0.29) is 0 Å². The predicted molar refractivity (Wildman–Crippen MR) is 100 cm³/mol. The summed E-state index contributed by atoms with van der Waals surface area (Å²) >= 11 is 1.28. The summed E-state index contributed by atoms with van der Waals surface area (Å²) in [5, 5.41) is 9.22. The Morgan fingerprint density at radius 3 is 2.59 bits per heavy atom. The van der Waals surface area contributed by atoms with Crippen molar-refractivity contribution in [3.8, 4) is 6.07 Å². The van der Waals surface area contributed by atoms with E-state index < -0.39 is 38.1 Å². The van der Waals surface area contributed by atoms with Crippen molar-refractivity contribution in [1.29, 1.82) is 5.26 Å². The smallest absolute Gasteiger partial charge is 0.269 e. The fourth-order valence-corrected chi connectivity index (χ4v) is 4.20. The summed E-state index contributed by atoms with van der Waals surface area (Å²) in [5.41, 5.74) is -1.42. The van der Waals surface area contributed by atoms with Crippen LogP contribution in [0.2, 0.25) is 0 Å². The first-order valence-electron chi connectivity index (χ1n) is 7.82. The number of nitrogens with zero attached hydrogens (tertiary/aromatic N) is 2. The van der Waals surface area contributed by atoms with Crippen molar-refractivity contribution in [3.63, 3.8) is 0 Å². The van der Waals surface area contributed by atoms with Crippen molar-refractivity contribution < 1.29 is 26.4 Å². The lowest BCUT2D eigenvalue weighted by molar-refractivity contribution is -0.137. The third-order valence-electron chi connectivity index (χ3n) is 3.65. The number of amides is 1. The molecule has 1 N–H and O–H groups in total. The number of hydrogen-bond donors (Lipinski definition) is 1. The lowest BCUT2D eigenvalue weighted by Gasteiger charge is -2.11. The number of halogens is 3. The van der Waals surface area contributed by atoms with E-state index in [2.05, 4.69) is 4.98 Å². The Balaban J connectivity index is 1.81. The third-order valence-corrected chi connectivity index (χ3v) is 6.00. The Kier molecular flexibility index (Phi) is 5.41. The Bertz CT molecular complexity index is 1240. The van der Waals surface area contributed by atoms with Gasteiger partial charge in [0.25, 0.3) is 15.9 Å². The Hall–Kier alpha value is -3.23. The van der Waals surface area contributed by atoms with Gasteiger partial charge in [-0.25, -0.2) is 18.1 Å². The van der Waals surface area contributed by atoms with Gasteiger partial charge in [0.2, 0.25) is 0 Å². The maximum atomic E-state index is 13.0. The van der Waals surface area contributed by atoms with Crippen molar-refractivity contribution in [1.82, 2.24) is 9.71 Å². The number of rotatable bonds is 4. The summed E-state index contributed by atoms with van der Waals surface area (Å²) < 4.78 is 66.1. The Morgan fingerprint density at radius 1 is 1.21 bits per heavy atom. The van der Waals surface area contributed by atoms with E-state index in [1.807, 2.05) is 12.1 Å². The number of thiazole rings is 1. The van der Waals surface area contributed by atoms with E-state index in [0.717, 1.165) is 22.9 Å². The van der Waals surface area contributed by atoms with Crippen LogP contribution in [0.15, 0.2) is 53.4 Å². The second kappa shape index (κ2) is 7.65. The van der Waals surface area contributed by atoms with Gasteiger partial charge in [-0.1, -0.05) is 12.1 Å². The molecule has 0 bridgehead atoms. The molecule has 148 valence electrons. The highest BCUT2D eigenvalue weighted by atomic mass is 32.2. The highest BCUT2D eigenvalue weighted by Gasteiger charge is 2.35. The molecule has 0 spiro atoms. The number of sulfonamides is 1. The molecule has 0 aliphatic rings. The van der Waals surface area contributed by atoms with Gasteiger partial charge >= 0.3 is 6.18 Å². The van der Waals surface area contributed by atoms with Crippen LogP contribution in [-0.2, 0) is 21.0 Å². The topological polar surface area (TPSA) is 99.9 Å². The molecule has 6 nitrogen and oxygen atoms in total. The summed E-state index contributed by atoms with van der Waals surface area (Å²) in [7, 11) is -4.57. The minimum absolute atomic E-state index is 0.311. The van der Waals surface area contributed by atoms with Crippen molar-refractivity contribution in [2.24, 2.45) is 0 Å². The number of nitriles is 1. The fraction of sp³-hybridized carbons (Fsp3) is 0.0556. The van der Waals surface area contributed by atoms with Crippen LogP contribution in [0.4, 0.5) is 13.2 Å². The zero-order valence-corrected chi connectivity index (χ0v) is 15.9. The number of para-hydroxylation sites is 1. The van der Waals surface area contributed by atoms with E-state index in [9.17, 15) is 26.4 Å². The van der Waals surface area contributed by atoms with Crippen LogP contribution in [0.25, 0.3) is 16.3 Å². The van der Waals surface area contributed by atoms with E-state index in [4.69, 9.17) is 5.26 Å². The average Bonchev–Trinajstić information content (AvgIpc) is 3.08. The molecule has 1 amide bonds. The zero-order valence-electron chi connectivity index (χ0n) is 14.3. The summed E-state index contributed by atoms with van der Waals surface area (Å²) in [6, 6.07) is 10.4. The molecule has 0 aliphatic heterocycles. The molecule has 1 heterocycles. The molecule has 0 fully saturated rings. The first kappa shape index (κ1) is 20.5. The van der Waals surface area contributed by atoms with Crippen LogP contribution < -0.4 is 4.72 Å². The van der Waals surface area contributed by atoms with Crippen LogP contribution >= 0.6 is 11.3 Å². The monoisotopic (exact) mass is 437 g/mol. The van der Waals surface area contributed by atoms with Gasteiger partial charge < -0.3 is 0 Å². The van der Waals surface area contributed by atoms with Gasteiger partial charge in [0, 0.05) is 6.08 Å². The van der Waals surface area contributed by atoms with Crippen molar-refractivity contribution in [2.45, 2.75) is 11.1 Å². The van der Waals surface area contributed by atoms with E-state index >= 15 is 0 Å². The molecule has 0 saturated carbocycles. The SMILES string of the molecule is N#Cc1ccc(S(=O)(=O)NC(=O)/C=C/c2nc3ccccc3s2)cc1C(F)(F)F. The minimum Gasteiger partial charge on any atom is -0.269 e. The second-order valence-corrected chi connectivity index (χ2v) is 8.38. The van der Waals surface area contributed by atoms with Gasteiger partial charge in [-0.15, -0.1) is 11.3 Å². The van der Waals surface area contributed by atoms with Crippen LogP contribution in [0.1, 0.15) is 16.1 Å². The molecule has 1 aromatic heterocycles. The van der Waals surface area contributed by atoms with Gasteiger partial charge in [-0.2, -0.15) is 18.4 Å². The first-order chi connectivity index (χ1) is 13.6. The number of alkyl halides is 3. The number of hydrogen-bond acceptors (Lipinski definition) is 6. The van der Waals surface area contributed by atoms with Gasteiger partial charge in [-0.05, 0) is 36.4 Å². The normalized spacial score (nSPS) is 12.2. The quantitative estimate of drug-likeness (QED) is 0.628. The lowest BCUT2D eigenvalue weighted by Crippen LogP contribution is -2.29. The molecule has 0 atom stereocenters. The van der Waals surface area contributed by atoms with E-state index in [0.29, 0.717) is 16.6 Å². The summed E-state index contributed by atoms with van der Waals surface area (Å²) in [6.07, 6.45) is -2.70. The van der Waals surface area contributed by atoms with Crippen LogP contribution in [-0.4, -0.2) is 19.3 Å². The summed E-state index contributed by atoms with van der Waals surface area (Å²) in [6.45, 7) is 0. The van der Waals surface area contributed by atoms with Crippen LogP contribution in [0.3, 0.4) is 0 Å². The van der Waals surface area contributed by atoms with Gasteiger partial charge in [0.1, 0.15) is 5.01 Å². The van der Waals surface area contributed by atoms with Crippen molar-refractivity contribution in [3.05, 3.63) is 64.7 Å². The number of fused-ring (bicyclic) bond motifs is 1. The molecule has 11 heteroatoms. The van der Waals surface area contributed by atoms with E-state index in [1.54, 1.807) is 16.9 Å². The molecular weight excluding hydrogens is 427 g/mol. The zero-order chi connectivity index (χ0) is 21.2. The number of carbonyl (C=O) groups excluding carboxylic acids is 1. The second-order valence-electron chi connectivity index (χ2n) is 5.64. The molecule has 29 heavy (non-hydrogen) atoms. The molecule has 0 radical (unpaired) electrons. The van der Waals surface area contributed by atoms with Crippen LogP contribution in [0.5, 0.6) is 0 Å². The standard InChI is InChI=1S/C18H10F3N3O3S2/c19-18(20,21)13-9-12(6-5-11(13)10-22)29(26,27)24-16(25)7-8-17-23-14-3-1-2-4-15(14)28-17/h1-9H,(H,24,25)/b8-7+. The molecule has 0 aliphatic carbocycles. The molecule has 3 aromatic rings. The maximum Gasteiger partial charge on any atom is 0.417 e. The first-order valence-corrected chi connectivity index (χ1v) is 10.1. The molecule has 3 rings (SSSR count). The van der Waals surface area contributed by atoms with Crippen molar-refractivity contribution >= 4 is 43.6 Å². The molecule has 0 saturated heterocycles. The summed E-state index contributed by atoms with van der Waals surface area (Å²) in [5.74, 6) is -1.05. The molecule has 2 aromatic carbocycles. The minimum atomic E-state index is -4.92. The fourth-order valence-electron chi connectivity index (χ4n) is 2.36. The van der Waals surface area contributed by atoms with Crippen molar-refractivity contribution in [2.75, 3.05) is 0 Å². The maximum absolute atomic E-state index is 13.0. The summed E-state index contributed by atoms with van der Waals surface area (Å²) in [4.78, 5) is 15.4. The number of carbonyl (C=O) groups is 1. The lowest BCUT2D eigenvalue weighted by atomic mass is 10.1. The third kappa shape index (κ3) is 4.61. The van der Waals surface area contributed by atoms with Crippen LogP contribution in [0, 0.1) is 11.3 Å². The van der Waals surface area contributed by atoms with Gasteiger partial charge in [0.05, 0.1) is 32.3 Å². The average molecular weight is 437 g/mol. The van der Waals surface area contributed by atoms with Gasteiger partial charge in [-0.3, -0.25) is 4.79 Å². The van der Waals surface area contributed by atoms with E-state index in [1.165, 1.54) is 23.5 Å².